The van der Waals surface area contributed by atoms with E-state index in [9.17, 15) is 4.79 Å². The van der Waals surface area contributed by atoms with Gasteiger partial charge in [-0.05, 0) is 24.1 Å². The van der Waals surface area contributed by atoms with Crippen LogP contribution in [0.1, 0.15) is 22.3 Å². The van der Waals surface area contributed by atoms with Crippen LogP contribution < -0.4 is 0 Å². The molecule has 3 rings (SSSR count). The molecule has 0 aliphatic heterocycles. The number of carbonyl (C=O) groups is 1. The van der Waals surface area contributed by atoms with Crippen molar-refractivity contribution in [2.24, 2.45) is 7.05 Å². The van der Waals surface area contributed by atoms with Crippen molar-refractivity contribution in [3.8, 4) is 11.3 Å². The summed E-state index contributed by atoms with van der Waals surface area (Å²) in [5.74, 6) is 0.266. The van der Waals surface area contributed by atoms with Crippen LogP contribution >= 0.6 is 0 Å². The Kier molecular flexibility index (Phi) is 1.93. The molecule has 80 valence electrons. The van der Waals surface area contributed by atoms with E-state index in [4.69, 9.17) is 0 Å². The third kappa shape index (κ3) is 1.36. The lowest BCUT2D eigenvalue weighted by molar-refractivity contribution is 0.0994. The van der Waals surface area contributed by atoms with Crippen LogP contribution in [0.25, 0.3) is 11.3 Å². The minimum atomic E-state index is 0.266. The Balaban J connectivity index is 2.08. The zero-order chi connectivity index (χ0) is 11.1. The van der Waals surface area contributed by atoms with Gasteiger partial charge in [0, 0.05) is 30.8 Å². The van der Waals surface area contributed by atoms with Crippen molar-refractivity contribution >= 4 is 5.78 Å². The van der Waals surface area contributed by atoms with E-state index >= 15 is 0 Å². The van der Waals surface area contributed by atoms with Crippen LogP contribution in [0.5, 0.6) is 0 Å². The van der Waals surface area contributed by atoms with E-state index < -0.39 is 0 Å². The van der Waals surface area contributed by atoms with Gasteiger partial charge in [-0.2, -0.15) is 5.10 Å². The Morgan fingerprint density at radius 2 is 2.12 bits per heavy atom. The summed E-state index contributed by atoms with van der Waals surface area (Å²) < 4.78 is 1.79. The van der Waals surface area contributed by atoms with Crippen molar-refractivity contribution in [3.05, 3.63) is 41.6 Å². The quantitative estimate of drug-likeness (QED) is 0.726. The van der Waals surface area contributed by atoms with E-state index in [-0.39, 0.29) is 5.78 Å². The van der Waals surface area contributed by atoms with Crippen LogP contribution in [0.4, 0.5) is 0 Å². The molecule has 0 amide bonds. The predicted octanol–water partition coefficient (Wildman–Crippen LogP) is 2.22. The van der Waals surface area contributed by atoms with Crippen molar-refractivity contribution in [2.45, 2.75) is 12.8 Å². The smallest absolute Gasteiger partial charge is 0.163 e. The van der Waals surface area contributed by atoms with Crippen LogP contribution in [0, 0.1) is 0 Å². The van der Waals surface area contributed by atoms with Crippen LogP contribution in [0.3, 0.4) is 0 Å². The molecular formula is C13H12N2O. The molecule has 0 fully saturated rings. The van der Waals surface area contributed by atoms with Crippen LogP contribution in [-0.2, 0) is 13.5 Å². The SMILES string of the molecule is Cn1ccc(-c2ccc3c(c2)CCC3=O)n1. The molecule has 2 aromatic rings. The Labute approximate surface area is 93.7 Å². The first kappa shape index (κ1) is 9.33. The van der Waals surface area contributed by atoms with Crippen molar-refractivity contribution in [2.75, 3.05) is 0 Å². The number of rotatable bonds is 1. The summed E-state index contributed by atoms with van der Waals surface area (Å²) in [5, 5.41) is 4.36. The van der Waals surface area contributed by atoms with Gasteiger partial charge in [-0.15, -0.1) is 0 Å². The molecule has 0 bridgehead atoms. The second-order valence-electron chi connectivity index (χ2n) is 4.17. The number of carbonyl (C=O) groups excluding carboxylic acids is 1. The average molecular weight is 212 g/mol. The van der Waals surface area contributed by atoms with E-state index in [1.165, 1.54) is 0 Å². The van der Waals surface area contributed by atoms with E-state index in [1.54, 1.807) is 4.68 Å². The highest BCUT2D eigenvalue weighted by atomic mass is 16.1. The van der Waals surface area contributed by atoms with Gasteiger partial charge in [-0.1, -0.05) is 12.1 Å². The Hall–Kier alpha value is -1.90. The molecule has 0 saturated heterocycles. The first-order chi connectivity index (χ1) is 7.74. The number of fused-ring (bicyclic) bond motifs is 1. The fourth-order valence-corrected chi connectivity index (χ4v) is 2.18. The summed E-state index contributed by atoms with van der Waals surface area (Å²) in [4.78, 5) is 11.5. The third-order valence-electron chi connectivity index (χ3n) is 3.04. The molecule has 16 heavy (non-hydrogen) atoms. The van der Waals surface area contributed by atoms with Crippen LogP contribution in [0.15, 0.2) is 30.5 Å². The summed E-state index contributed by atoms with van der Waals surface area (Å²) in [6, 6.07) is 7.97. The molecule has 0 radical (unpaired) electrons. The monoisotopic (exact) mass is 212 g/mol. The summed E-state index contributed by atoms with van der Waals surface area (Å²) >= 11 is 0. The van der Waals surface area contributed by atoms with Crippen LogP contribution in [-0.4, -0.2) is 15.6 Å². The molecule has 1 aliphatic carbocycles. The first-order valence-electron chi connectivity index (χ1n) is 5.40. The maximum atomic E-state index is 11.5. The molecule has 0 atom stereocenters. The minimum Gasteiger partial charge on any atom is -0.294 e. The molecule has 1 aromatic carbocycles. The number of hydrogen-bond donors (Lipinski definition) is 0. The largest absolute Gasteiger partial charge is 0.294 e. The maximum Gasteiger partial charge on any atom is 0.163 e. The Morgan fingerprint density at radius 3 is 2.88 bits per heavy atom. The van der Waals surface area contributed by atoms with Gasteiger partial charge in [-0.25, -0.2) is 0 Å². The van der Waals surface area contributed by atoms with Crippen LogP contribution in [0.2, 0.25) is 0 Å². The van der Waals surface area contributed by atoms with Gasteiger partial charge in [-0.3, -0.25) is 9.48 Å². The lowest BCUT2D eigenvalue weighted by atomic mass is 10.0. The summed E-state index contributed by atoms with van der Waals surface area (Å²) in [6.07, 6.45) is 3.45. The van der Waals surface area contributed by atoms with Crippen molar-refractivity contribution < 1.29 is 4.79 Å². The molecule has 0 unspecified atom stereocenters. The van der Waals surface area contributed by atoms with E-state index in [0.717, 1.165) is 28.8 Å². The second-order valence-corrected chi connectivity index (χ2v) is 4.17. The average Bonchev–Trinajstić information content (AvgIpc) is 2.86. The number of benzene rings is 1. The molecular weight excluding hydrogens is 200 g/mol. The van der Waals surface area contributed by atoms with E-state index in [0.29, 0.717) is 6.42 Å². The predicted molar refractivity (Wildman–Crippen MR) is 61.3 cm³/mol. The van der Waals surface area contributed by atoms with Gasteiger partial charge in [0.2, 0.25) is 0 Å². The van der Waals surface area contributed by atoms with E-state index in [2.05, 4.69) is 11.2 Å². The number of aryl methyl sites for hydroxylation is 2. The highest BCUT2D eigenvalue weighted by molar-refractivity contribution is 6.00. The highest BCUT2D eigenvalue weighted by Crippen LogP contribution is 2.27. The minimum absolute atomic E-state index is 0.266. The van der Waals surface area contributed by atoms with E-state index in [1.807, 2.05) is 31.4 Å². The molecule has 1 heterocycles. The van der Waals surface area contributed by atoms with Gasteiger partial charge in [0.1, 0.15) is 0 Å². The first-order valence-corrected chi connectivity index (χ1v) is 5.40. The lowest BCUT2D eigenvalue weighted by Crippen LogP contribution is -1.92. The van der Waals surface area contributed by atoms with Crippen molar-refractivity contribution in [1.82, 2.24) is 9.78 Å². The van der Waals surface area contributed by atoms with Crippen molar-refractivity contribution in [3.63, 3.8) is 0 Å². The molecule has 3 heteroatoms. The third-order valence-corrected chi connectivity index (χ3v) is 3.04. The van der Waals surface area contributed by atoms with Gasteiger partial charge in [0.05, 0.1) is 5.69 Å². The summed E-state index contributed by atoms with van der Waals surface area (Å²) in [6.45, 7) is 0. The van der Waals surface area contributed by atoms with Gasteiger partial charge in [0.15, 0.2) is 5.78 Å². The topological polar surface area (TPSA) is 34.9 Å². The molecule has 0 spiro atoms. The Morgan fingerprint density at radius 1 is 1.25 bits per heavy atom. The van der Waals surface area contributed by atoms with Gasteiger partial charge >= 0.3 is 0 Å². The summed E-state index contributed by atoms with van der Waals surface area (Å²) in [7, 11) is 1.90. The standard InChI is InChI=1S/C13H12N2O/c1-15-7-6-12(14-15)10-2-4-11-9(8-10)3-5-13(11)16/h2,4,6-8H,3,5H2,1H3. The number of nitrogens with zero attached hydrogens (tertiary/aromatic N) is 2. The molecule has 0 N–H and O–H groups in total. The number of aromatic nitrogens is 2. The molecule has 1 aliphatic rings. The van der Waals surface area contributed by atoms with Crippen molar-refractivity contribution in [1.29, 1.82) is 0 Å². The summed E-state index contributed by atoms with van der Waals surface area (Å²) in [5.41, 5.74) is 4.10. The molecule has 0 saturated carbocycles. The maximum absolute atomic E-state index is 11.5. The van der Waals surface area contributed by atoms with Gasteiger partial charge in [0.25, 0.3) is 0 Å². The molecule has 3 nitrogen and oxygen atoms in total. The normalized spacial score (nSPS) is 14.2. The number of Topliss-reactive ketones (excluding diaryl/α,β-unsaturated/α-hetero) is 1. The number of hydrogen-bond acceptors (Lipinski definition) is 2. The second kappa shape index (κ2) is 3.30. The fourth-order valence-electron chi connectivity index (χ4n) is 2.18. The zero-order valence-corrected chi connectivity index (χ0v) is 9.10. The highest BCUT2D eigenvalue weighted by Gasteiger charge is 2.19. The zero-order valence-electron chi connectivity index (χ0n) is 9.10. The lowest BCUT2D eigenvalue weighted by Gasteiger charge is -2.01. The Bertz CT molecular complexity index is 569. The fraction of sp³-hybridized carbons (Fsp3) is 0.231. The van der Waals surface area contributed by atoms with Gasteiger partial charge < -0.3 is 0 Å². The number of ketones is 1. The molecule has 1 aromatic heterocycles.